The lowest BCUT2D eigenvalue weighted by atomic mass is 10.1. The number of amides is 1. The molecular formula is C20H26N2O. The topological polar surface area (TPSA) is 32.3 Å². The zero-order valence-corrected chi connectivity index (χ0v) is 14.3. The van der Waals surface area contributed by atoms with Gasteiger partial charge in [0.1, 0.15) is 0 Å². The number of benzene rings is 2. The summed E-state index contributed by atoms with van der Waals surface area (Å²) in [5, 5.41) is 2.96. The van der Waals surface area contributed by atoms with Gasteiger partial charge in [-0.15, -0.1) is 0 Å². The highest BCUT2D eigenvalue weighted by atomic mass is 16.1. The molecule has 23 heavy (non-hydrogen) atoms. The molecule has 3 nitrogen and oxygen atoms in total. The number of nitrogens with zero attached hydrogens (tertiary/aromatic N) is 1. The second-order valence-electron chi connectivity index (χ2n) is 6.03. The van der Waals surface area contributed by atoms with Crippen LogP contribution in [0.4, 0.5) is 11.4 Å². The molecule has 0 aliphatic heterocycles. The monoisotopic (exact) mass is 310 g/mol. The van der Waals surface area contributed by atoms with Crippen LogP contribution >= 0.6 is 0 Å². The number of carbonyl (C=O) groups is 1. The molecule has 0 unspecified atom stereocenters. The number of unbranched alkanes of at least 4 members (excludes halogenated alkanes) is 1. The Hall–Kier alpha value is -2.29. The Balaban J connectivity index is 1.89. The molecule has 0 spiro atoms. The summed E-state index contributed by atoms with van der Waals surface area (Å²) in [7, 11) is 2.10. The summed E-state index contributed by atoms with van der Waals surface area (Å²) in [5.74, 6) is 0.0148. The van der Waals surface area contributed by atoms with E-state index in [1.54, 1.807) is 0 Å². The van der Waals surface area contributed by atoms with E-state index < -0.39 is 0 Å². The first-order valence-corrected chi connectivity index (χ1v) is 8.25. The average molecular weight is 310 g/mol. The van der Waals surface area contributed by atoms with Gasteiger partial charge in [-0.05, 0) is 43.2 Å². The van der Waals surface area contributed by atoms with Gasteiger partial charge in [-0.25, -0.2) is 0 Å². The van der Waals surface area contributed by atoms with Gasteiger partial charge < -0.3 is 10.2 Å². The first kappa shape index (κ1) is 17.1. The van der Waals surface area contributed by atoms with Crippen LogP contribution in [0.1, 0.15) is 30.9 Å². The van der Waals surface area contributed by atoms with Crippen LogP contribution in [-0.4, -0.2) is 19.5 Å². The molecule has 0 heterocycles. The molecule has 0 aromatic heterocycles. The highest BCUT2D eigenvalue weighted by Crippen LogP contribution is 2.17. The standard InChI is InChI=1S/C20H26N2O/c1-4-5-14-22(3)19-12-10-18(11-13-19)21-20(23)15-17-8-6-16(2)7-9-17/h6-13H,4-5,14-15H2,1-3H3,(H,21,23). The number of nitrogens with one attached hydrogen (secondary N) is 1. The second-order valence-corrected chi connectivity index (χ2v) is 6.03. The molecule has 2 rings (SSSR count). The van der Waals surface area contributed by atoms with E-state index in [2.05, 4.69) is 36.3 Å². The van der Waals surface area contributed by atoms with Gasteiger partial charge in [0, 0.05) is 25.0 Å². The Bertz CT molecular complexity index is 617. The number of rotatable bonds is 7. The number of hydrogen-bond acceptors (Lipinski definition) is 2. The van der Waals surface area contributed by atoms with E-state index in [0.717, 1.165) is 17.8 Å². The summed E-state index contributed by atoms with van der Waals surface area (Å²) in [6.45, 7) is 5.29. The second kappa shape index (κ2) is 8.37. The summed E-state index contributed by atoms with van der Waals surface area (Å²) >= 11 is 0. The molecule has 0 aliphatic carbocycles. The van der Waals surface area contributed by atoms with E-state index >= 15 is 0 Å². The lowest BCUT2D eigenvalue weighted by Crippen LogP contribution is -2.18. The van der Waals surface area contributed by atoms with Crippen molar-refractivity contribution in [2.45, 2.75) is 33.1 Å². The summed E-state index contributed by atoms with van der Waals surface area (Å²) in [6.07, 6.45) is 2.78. The minimum atomic E-state index is 0.0148. The van der Waals surface area contributed by atoms with Gasteiger partial charge in [0.25, 0.3) is 0 Å². The number of carbonyl (C=O) groups excluding carboxylic acids is 1. The maximum absolute atomic E-state index is 12.1. The summed E-state index contributed by atoms with van der Waals surface area (Å²) in [4.78, 5) is 14.3. The summed E-state index contributed by atoms with van der Waals surface area (Å²) < 4.78 is 0. The molecule has 1 amide bonds. The third-order valence-electron chi connectivity index (χ3n) is 3.92. The molecule has 1 N–H and O–H groups in total. The molecule has 0 fully saturated rings. The van der Waals surface area contributed by atoms with Crippen molar-refractivity contribution in [3.63, 3.8) is 0 Å². The van der Waals surface area contributed by atoms with Crippen LogP contribution in [0.3, 0.4) is 0 Å². The van der Waals surface area contributed by atoms with Crippen LogP contribution in [0, 0.1) is 6.92 Å². The first-order chi connectivity index (χ1) is 11.1. The highest BCUT2D eigenvalue weighted by molar-refractivity contribution is 5.92. The number of hydrogen-bond donors (Lipinski definition) is 1. The Morgan fingerprint density at radius 2 is 1.70 bits per heavy atom. The van der Waals surface area contributed by atoms with Crippen LogP contribution in [-0.2, 0) is 11.2 Å². The molecule has 122 valence electrons. The van der Waals surface area contributed by atoms with E-state index in [9.17, 15) is 4.79 Å². The van der Waals surface area contributed by atoms with Crippen LogP contribution in [0.15, 0.2) is 48.5 Å². The fourth-order valence-electron chi connectivity index (χ4n) is 2.42. The minimum absolute atomic E-state index is 0.0148. The third kappa shape index (κ3) is 5.44. The Morgan fingerprint density at radius 1 is 1.04 bits per heavy atom. The maximum atomic E-state index is 12.1. The highest BCUT2D eigenvalue weighted by Gasteiger charge is 2.05. The summed E-state index contributed by atoms with van der Waals surface area (Å²) in [5.41, 5.74) is 4.26. The van der Waals surface area contributed by atoms with Gasteiger partial charge in [0.2, 0.25) is 5.91 Å². The van der Waals surface area contributed by atoms with E-state index in [-0.39, 0.29) is 5.91 Å². The number of anilines is 2. The van der Waals surface area contributed by atoms with Gasteiger partial charge in [-0.1, -0.05) is 43.2 Å². The molecule has 0 saturated carbocycles. The fraction of sp³-hybridized carbons (Fsp3) is 0.350. The molecular weight excluding hydrogens is 284 g/mol. The van der Waals surface area contributed by atoms with E-state index in [1.165, 1.54) is 24.1 Å². The van der Waals surface area contributed by atoms with Crippen molar-refractivity contribution in [3.8, 4) is 0 Å². The quantitative estimate of drug-likeness (QED) is 0.821. The molecule has 0 bridgehead atoms. The molecule has 0 atom stereocenters. The van der Waals surface area contributed by atoms with Crippen molar-refractivity contribution in [1.29, 1.82) is 0 Å². The van der Waals surface area contributed by atoms with Crippen LogP contribution in [0.5, 0.6) is 0 Å². The maximum Gasteiger partial charge on any atom is 0.228 e. The SMILES string of the molecule is CCCCN(C)c1ccc(NC(=O)Cc2ccc(C)cc2)cc1. The Morgan fingerprint density at radius 3 is 2.30 bits per heavy atom. The van der Waals surface area contributed by atoms with Crippen LogP contribution < -0.4 is 10.2 Å². The van der Waals surface area contributed by atoms with E-state index in [0.29, 0.717) is 6.42 Å². The summed E-state index contributed by atoms with van der Waals surface area (Å²) in [6, 6.07) is 16.1. The van der Waals surface area contributed by atoms with Crippen molar-refractivity contribution < 1.29 is 4.79 Å². The van der Waals surface area contributed by atoms with Gasteiger partial charge >= 0.3 is 0 Å². The predicted molar refractivity (Wildman–Crippen MR) is 98.1 cm³/mol. The smallest absolute Gasteiger partial charge is 0.228 e. The van der Waals surface area contributed by atoms with Crippen molar-refractivity contribution in [1.82, 2.24) is 0 Å². The van der Waals surface area contributed by atoms with E-state index in [1.807, 2.05) is 43.3 Å². The van der Waals surface area contributed by atoms with Gasteiger partial charge in [0.15, 0.2) is 0 Å². The van der Waals surface area contributed by atoms with Crippen molar-refractivity contribution in [3.05, 3.63) is 59.7 Å². The minimum Gasteiger partial charge on any atom is -0.375 e. The van der Waals surface area contributed by atoms with E-state index in [4.69, 9.17) is 0 Å². The van der Waals surface area contributed by atoms with Gasteiger partial charge in [0.05, 0.1) is 6.42 Å². The lowest BCUT2D eigenvalue weighted by Gasteiger charge is -2.19. The molecule has 2 aromatic rings. The molecule has 0 aliphatic rings. The zero-order chi connectivity index (χ0) is 16.7. The Labute approximate surface area is 139 Å². The van der Waals surface area contributed by atoms with Crippen molar-refractivity contribution in [2.75, 3.05) is 23.8 Å². The van der Waals surface area contributed by atoms with Gasteiger partial charge in [-0.3, -0.25) is 4.79 Å². The average Bonchev–Trinajstić information content (AvgIpc) is 2.55. The largest absolute Gasteiger partial charge is 0.375 e. The van der Waals surface area contributed by atoms with Crippen LogP contribution in [0.25, 0.3) is 0 Å². The molecule has 3 heteroatoms. The fourth-order valence-corrected chi connectivity index (χ4v) is 2.42. The normalized spacial score (nSPS) is 10.4. The third-order valence-corrected chi connectivity index (χ3v) is 3.92. The van der Waals surface area contributed by atoms with Crippen molar-refractivity contribution >= 4 is 17.3 Å². The predicted octanol–water partition coefficient (Wildman–Crippen LogP) is 4.41. The molecule has 2 aromatic carbocycles. The van der Waals surface area contributed by atoms with Gasteiger partial charge in [-0.2, -0.15) is 0 Å². The Kier molecular flexibility index (Phi) is 6.21. The lowest BCUT2D eigenvalue weighted by molar-refractivity contribution is -0.115. The van der Waals surface area contributed by atoms with Crippen molar-refractivity contribution in [2.24, 2.45) is 0 Å². The van der Waals surface area contributed by atoms with Crippen LogP contribution in [0.2, 0.25) is 0 Å². The molecule has 0 radical (unpaired) electrons. The number of aryl methyl sites for hydroxylation is 1. The first-order valence-electron chi connectivity index (χ1n) is 8.25. The molecule has 0 saturated heterocycles. The zero-order valence-electron chi connectivity index (χ0n) is 14.3.